The molecule has 0 fully saturated rings. The minimum atomic E-state index is -1.44. The van der Waals surface area contributed by atoms with Gasteiger partial charge in [0.1, 0.15) is 12.6 Å². The van der Waals surface area contributed by atoms with Crippen LogP contribution in [-0.2, 0) is 24.0 Å². The second kappa shape index (κ2) is 34.2. The first-order valence-electron chi connectivity index (χ1n) is 16.8. The van der Waals surface area contributed by atoms with Crippen LogP contribution in [0, 0.1) is 0 Å². The fourth-order valence-corrected chi connectivity index (χ4v) is 4.66. The van der Waals surface area contributed by atoms with Crippen molar-refractivity contribution >= 4 is 29.7 Å². The molecule has 0 aromatic carbocycles. The van der Waals surface area contributed by atoms with Crippen molar-refractivity contribution in [3.8, 4) is 0 Å². The maximum Gasteiger partial charge on any atom is 1.00 e. The molecule has 0 saturated heterocycles. The normalized spacial score (nSPS) is 11.0. The number of hydrogen-bond donors (Lipinski definition) is 3. The van der Waals surface area contributed by atoms with E-state index in [0.717, 1.165) is 37.0 Å². The quantitative estimate of drug-likeness (QED) is 0.0872. The maximum atomic E-state index is 12.1. The Bertz CT molecular complexity index is 751. The van der Waals surface area contributed by atoms with Crippen molar-refractivity contribution < 1.29 is 68.8 Å². The minimum absolute atomic E-state index is 0. The molecule has 0 aliphatic heterocycles. The average Bonchev–Trinajstić information content (AvgIpc) is 2.96. The SMILES string of the molecule is CCCCCCCCCCCC(=O)NCC(=O)O.CCCCCCCCCCCCCC(=O)N(CC(=O)[O-])C(C)C(=O)O.[Na+]. The van der Waals surface area contributed by atoms with Crippen LogP contribution >= 0.6 is 0 Å². The monoisotopic (exact) mass is 636 g/mol. The van der Waals surface area contributed by atoms with E-state index in [-0.39, 0.29) is 48.4 Å². The third kappa shape index (κ3) is 33.2. The summed E-state index contributed by atoms with van der Waals surface area (Å²) in [7, 11) is 0. The number of unbranched alkanes of at least 4 members (excludes halogenated alkanes) is 18. The van der Waals surface area contributed by atoms with Crippen LogP contribution in [0.2, 0.25) is 0 Å². The number of nitrogens with zero attached hydrogens (tertiary/aromatic N) is 1. The van der Waals surface area contributed by atoms with Gasteiger partial charge in [-0.3, -0.25) is 14.4 Å². The summed E-state index contributed by atoms with van der Waals surface area (Å²) in [6, 6.07) is -1.15. The zero-order valence-corrected chi connectivity index (χ0v) is 30.3. The Hall–Kier alpha value is -1.65. The summed E-state index contributed by atoms with van der Waals surface area (Å²) in [6.45, 7) is 4.80. The van der Waals surface area contributed by atoms with Gasteiger partial charge >= 0.3 is 41.5 Å². The molecular weight excluding hydrogens is 575 g/mol. The molecule has 252 valence electrons. The number of aliphatic carboxylic acids is 3. The molecule has 0 heterocycles. The van der Waals surface area contributed by atoms with Crippen molar-refractivity contribution in [3.05, 3.63) is 0 Å². The van der Waals surface area contributed by atoms with E-state index in [2.05, 4.69) is 19.2 Å². The molecule has 0 spiro atoms. The van der Waals surface area contributed by atoms with Gasteiger partial charge in [0.15, 0.2) is 0 Å². The van der Waals surface area contributed by atoms with Gasteiger partial charge < -0.3 is 30.3 Å². The fraction of sp³-hybridized carbons (Fsp3) is 0.848. The molecule has 1 atom stereocenters. The van der Waals surface area contributed by atoms with E-state index < -0.39 is 36.4 Å². The van der Waals surface area contributed by atoms with Crippen LogP contribution in [0.1, 0.15) is 162 Å². The maximum absolute atomic E-state index is 12.1. The van der Waals surface area contributed by atoms with Crippen LogP contribution in [0.15, 0.2) is 0 Å². The predicted octanol–water partition coefficient (Wildman–Crippen LogP) is 2.85. The first kappa shape index (κ1) is 46.8. The van der Waals surface area contributed by atoms with E-state index in [1.807, 2.05) is 0 Å². The molecule has 3 N–H and O–H groups in total. The number of rotatable bonds is 28. The number of carboxylic acid groups (broad SMARTS) is 3. The van der Waals surface area contributed by atoms with Crippen molar-refractivity contribution in [2.24, 2.45) is 0 Å². The van der Waals surface area contributed by atoms with Gasteiger partial charge in [0, 0.05) is 12.8 Å². The van der Waals surface area contributed by atoms with E-state index >= 15 is 0 Å². The van der Waals surface area contributed by atoms with Crippen LogP contribution < -0.4 is 40.0 Å². The number of nitrogens with one attached hydrogen (secondary N) is 1. The summed E-state index contributed by atoms with van der Waals surface area (Å²) in [4.78, 5) is 56.0. The van der Waals surface area contributed by atoms with Crippen molar-refractivity contribution in [2.45, 2.75) is 168 Å². The van der Waals surface area contributed by atoms with E-state index in [1.165, 1.54) is 96.8 Å². The molecule has 0 aromatic heterocycles. The summed E-state index contributed by atoms with van der Waals surface area (Å²) in [6.07, 6.45) is 24.3. The Labute approximate surface area is 288 Å². The second-order valence-electron chi connectivity index (χ2n) is 11.4. The smallest absolute Gasteiger partial charge is 0.548 e. The predicted molar refractivity (Wildman–Crippen MR) is 167 cm³/mol. The van der Waals surface area contributed by atoms with Crippen LogP contribution in [0.3, 0.4) is 0 Å². The Kier molecular flexibility index (Phi) is 36.4. The third-order valence-corrected chi connectivity index (χ3v) is 7.38. The molecule has 0 rings (SSSR count). The zero-order chi connectivity index (χ0) is 32.7. The van der Waals surface area contributed by atoms with Crippen LogP contribution in [0.4, 0.5) is 0 Å². The first-order chi connectivity index (χ1) is 20.6. The number of amides is 2. The van der Waals surface area contributed by atoms with Crippen molar-refractivity contribution in [1.82, 2.24) is 10.2 Å². The first-order valence-corrected chi connectivity index (χ1v) is 16.8. The summed E-state index contributed by atoms with van der Waals surface area (Å²) in [5, 5.41) is 30.4. The van der Waals surface area contributed by atoms with E-state index in [4.69, 9.17) is 10.2 Å². The average molecular weight is 637 g/mol. The Morgan fingerprint density at radius 2 is 1.00 bits per heavy atom. The number of carboxylic acids is 3. The van der Waals surface area contributed by atoms with Gasteiger partial charge in [0.2, 0.25) is 11.8 Å². The minimum Gasteiger partial charge on any atom is -0.548 e. The zero-order valence-electron chi connectivity index (χ0n) is 28.3. The molecule has 1 unspecified atom stereocenters. The van der Waals surface area contributed by atoms with Crippen LogP contribution in [0.5, 0.6) is 0 Å². The van der Waals surface area contributed by atoms with Gasteiger partial charge in [-0.1, -0.05) is 129 Å². The van der Waals surface area contributed by atoms with Gasteiger partial charge in [0.25, 0.3) is 0 Å². The van der Waals surface area contributed by atoms with E-state index in [0.29, 0.717) is 12.8 Å². The molecule has 0 bridgehead atoms. The summed E-state index contributed by atoms with van der Waals surface area (Å²) in [5.74, 6) is -4.24. The topological polar surface area (TPSA) is 164 Å². The van der Waals surface area contributed by atoms with Crippen molar-refractivity contribution in [1.29, 1.82) is 0 Å². The molecular formula is C33H61N2NaO8. The fourth-order valence-electron chi connectivity index (χ4n) is 4.66. The molecule has 0 aromatic rings. The Morgan fingerprint density at radius 1 is 0.636 bits per heavy atom. The Balaban J connectivity index is -0.000000786. The van der Waals surface area contributed by atoms with Crippen LogP contribution in [-0.4, -0.2) is 64.0 Å². The summed E-state index contributed by atoms with van der Waals surface area (Å²) in [5.41, 5.74) is 0. The van der Waals surface area contributed by atoms with Gasteiger partial charge in [-0.25, -0.2) is 4.79 Å². The molecule has 11 heteroatoms. The summed E-state index contributed by atoms with van der Waals surface area (Å²) >= 11 is 0. The van der Waals surface area contributed by atoms with Crippen molar-refractivity contribution in [3.63, 3.8) is 0 Å². The molecule has 0 aliphatic rings. The van der Waals surface area contributed by atoms with Gasteiger partial charge in [-0.05, 0) is 19.8 Å². The van der Waals surface area contributed by atoms with E-state index in [9.17, 15) is 29.1 Å². The van der Waals surface area contributed by atoms with Gasteiger partial charge in [-0.15, -0.1) is 0 Å². The molecule has 0 saturated carbocycles. The summed E-state index contributed by atoms with van der Waals surface area (Å²) < 4.78 is 0. The van der Waals surface area contributed by atoms with Gasteiger partial charge in [-0.2, -0.15) is 0 Å². The number of carbonyl (C=O) groups excluding carboxylic acids is 3. The van der Waals surface area contributed by atoms with Crippen molar-refractivity contribution in [2.75, 3.05) is 13.1 Å². The third-order valence-electron chi connectivity index (χ3n) is 7.38. The molecule has 0 aliphatic carbocycles. The standard InChI is InChI=1S/C19H35NO5.C14H27NO3.Na/c1-3-4-5-6-7-8-9-10-11-12-13-14-17(21)20(15-18(22)23)16(2)19(24)25;1-2-3-4-5-6-7-8-9-10-11-13(16)15-12-14(17)18;/h16H,3-15H2,1-2H3,(H,22,23)(H,24,25);2-12H2,1H3,(H,15,16)(H,17,18);/q;;+1/p-1. The molecule has 44 heavy (non-hydrogen) atoms. The molecule has 2 amide bonds. The van der Waals surface area contributed by atoms with E-state index in [1.54, 1.807) is 0 Å². The van der Waals surface area contributed by atoms with Crippen LogP contribution in [0.25, 0.3) is 0 Å². The largest absolute Gasteiger partial charge is 1.00 e. The van der Waals surface area contributed by atoms with Gasteiger partial charge in [0.05, 0.1) is 12.5 Å². The molecule has 0 radical (unpaired) electrons. The second-order valence-corrected chi connectivity index (χ2v) is 11.4. The number of carbonyl (C=O) groups is 5. The Morgan fingerprint density at radius 3 is 1.34 bits per heavy atom. The molecule has 10 nitrogen and oxygen atoms in total. The number of hydrogen-bond acceptors (Lipinski definition) is 6.